The second kappa shape index (κ2) is 3.88. The monoisotopic (exact) mass is 282 g/mol. The maximum absolute atomic E-state index is 13.5. The van der Waals surface area contributed by atoms with Crippen molar-refractivity contribution in [1.29, 1.82) is 0 Å². The molecule has 1 aromatic carbocycles. The minimum atomic E-state index is -0.267. The lowest BCUT2D eigenvalue weighted by molar-refractivity contribution is 0.479. The number of para-hydroxylation sites is 1. The predicted octanol–water partition coefficient (Wildman–Crippen LogP) is 4.60. The first-order chi connectivity index (χ1) is 7.74. The lowest BCUT2D eigenvalue weighted by Crippen LogP contribution is -1.91. The van der Waals surface area contributed by atoms with Crippen molar-refractivity contribution in [2.45, 2.75) is 30.0 Å². The average molecular weight is 283 g/mol. The van der Waals surface area contributed by atoms with E-state index in [4.69, 9.17) is 4.42 Å². The van der Waals surface area contributed by atoms with Gasteiger partial charge in [0, 0.05) is 16.1 Å². The minimum Gasteiger partial charge on any atom is -0.458 e. The van der Waals surface area contributed by atoms with Crippen LogP contribution in [0.3, 0.4) is 0 Å². The van der Waals surface area contributed by atoms with Gasteiger partial charge in [-0.1, -0.05) is 28.1 Å². The summed E-state index contributed by atoms with van der Waals surface area (Å²) in [6, 6.07) is 7.04. The Morgan fingerprint density at radius 1 is 1.31 bits per heavy atom. The molecule has 3 heteroatoms. The minimum absolute atomic E-state index is 0.267. The molecule has 0 aliphatic heterocycles. The van der Waals surface area contributed by atoms with Crippen LogP contribution >= 0.6 is 15.9 Å². The van der Waals surface area contributed by atoms with Crippen molar-refractivity contribution >= 4 is 26.9 Å². The zero-order valence-corrected chi connectivity index (χ0v) is 10.3. The molecule has 1 fully saturated rings. The molecule has 0 N–H and O–H groups in total. The molecule has 3 rings (SSSR count). The number of hydrogen-bond donors (Lipinski definition) is 0. The van der Waals surface area contributed by atoms with E-state index in [1.54, 1.807) is 6.07 Å². The summed E-state index contributed by atoms with van der Waals surface area (Å²) in [7, 11) is 0. The van der Waals surface area contributed by atoms with Gasteiger partial charge in [0.25, 0.3) is 0 Å². The first-order valence-electron chi connectivity index (χ1n) is 5.56. The van der Waals surface area contributed by atoms with E-state index in [0.717, 1.165) is 24.0 Å². The van der Waals surface area contributed by atoms with Crippen molar-refractivity contribution in [2.24, 2.45) is 0 Å². The maximum atomic E-state index is 13.5. The van der Waals surface area contributed by atoms with Gasteiger partial charge in [-0.05, 0) is 31.4 Å². The van der Waals surface area contributed by atoms with Crippen LogP contribution in [0.5, 0.6) is 0 Å². The Kier molecular flexibility index (Phi) is 2.51. The Balaban J connectivity index is 2.02. The Bertz CT molecular complexity index is 520. The van der Waals surface area contributed by atoms with E-state index in [1.165, 1.54) is 12.5 Å². The topological polar surface area (TPSA) is 13.1 Å². The number of alkyl halides is 1. The quantitative estimate of drug-likeness (QED) is 0.697. The SMILES string of the molecule is Fc1cccc2cc(C3CCC(Br)C3)oc12. The van der Waals surface area contributed by atoms with Crippen LogP contribution in [-0.2, 0) is 0 Å². The van der Waals surface area contributed by atoms with Crippen molar-refractivity contribution in [3.63, 3.8) is 0 Å². The fraction of sp³-hybridized carbons (Fsp3) is 0.385. The van der Waals surface area contributed by atoms with Gasteiger partial charge in [-0.25, -0.2) is 4.39 Å². The molecule has 1 aliphatic rings. The second-order valence-electron chi connectivity index (χ2n) is 4.41. The zero-order valence-electron chi connectivity index (χ0n) is 8.75. The Morgan fingerprint density at radius 3 is 2.88 bits per heavy atom. The molecule has 1 aliphatic carbocycles. The van der Waals surface area contributed by atoms with Crippen LogP contribution in [0, 0.1) is 5.82 Å². The average Bonchev–Trinajstić information content (AvgIpc) is 2.84. The van der Waals surface area contributed by atoms with E-state index in [0.29, 0.717) is 16.3 Å². The van der Waals surface area contributed by atoms with Gasteiger partial charge in [0.2, 0.25) is 0 Å². The third kappa shape index (κ3) is 1.67. The van der Waals surface area contributed by atoms with E-state index in [-0.39, 0.29) is 5.82 Å². The largest absolute Gasteiger partial charge is 0.458 e. The Hall–Kier alpha value is -0.830. The van der Waals surface area contributed by atoms with Crippen LogP contribution < -0.4 is 0 Å². The van der Waals surface area contributed by atoms with Gasteiger partial charge in [-0.15, -0.1) is 0 Å². The number of hydrogen-bond acceptors (Lipinski definition) is 1. The van der Waals surface area contributed by atoms with Gasteiger partial charge in [-0.2, -0.15) is 0 Å². The van der Waals surface area contributed by atoms with Crippen LogP contribution in [0.1, 0.15) is 30.9 Å². The second-order valence-corrected chi connectivity index (χ2v) is 5.71. The highest BCUT2D eigenvalue weighted by Gasteiger charge is 2.26. The fourth-order valence-corrected chi connectivity index (χ4v) is 3.15. The highest BCUT2D eigenvalue weighted by Crippen LogP contribution is 2.40. The van der Waals surface area contributed by atoms with Crippen molar-refractivity contribution < 1.29 is 8.81 Å². The summed E-state index contributed by atoms with van der Waals surface area (Å²) in [5.41, 5.74) is 0.399. The first kappa shape index (κ1) is 10.3. The van der Waals surface area contributed by atoms with Gasteiger partial charge < -0.3 is 4.42 Å². The molecule has 1 aromatic heterocycles. The molecule has 0 amide bonds. The van der Waals surface area contributed by atoms with Gasteiger partial charge in [0.1, 0.15) is 5.76 Å². The third-order valence-corrected chi connectivity index (χ3v) is 4.12. The summed E-state index contributed by atoms with van der Waals surface area (Å²) >= 11 is 3.62. The third-order valence-electron chi connectivity index (χ3n) is 3.29. The maximum Gasteiger partial charge on any atom is 0.169 e. The highest BCUT2D eigenvalue weighted by molar-refractivity contribution is 9.09. The molecule has 84 valence electrons. The molecular formula is C13H12BrFO. The van der Waals surface area contributed by atoms with Crippen LogP contribution in [0.4, 0.5) is 4.39 Å². The predicted molar refractivity (Wildman–Crippen MR) is 65.5 cm³/mol. The van der Waals surface area contributed by atoms with Gasteiger partial charge in [0.15, 0.2) is 11.4 Å². The van der Waals surface area contributed by atoms with Gasteiger partial charge in [-0.3, -0.25) is 0 Å². The number of rotatable bonds is 1. The Labute approximate surface area is 102 Å². The van der Waals surface area contributed by atoms with E-state index in [2.05, 4.69) is 15.9 Å². The molecule has 0 saturated heterocycles. The summed E-state index contributed by atoms with van der Waals surface area (Å²) in [4.78, 5) is 0.579. The number of benzene rings is 1. The van der Waals surface area contributed by atoms with Crippen LogP contribution in [0.25, 0.3) is 11.0 Å². The summed E-state index contributed by atoms with van der Waals surface area (Å²) in [5.74, 6) is 1.11. The number of halogens is 2. The van der Waals surface area contributed by atoms with Crippen molar-refractivity contribution in [3.05, 3.63) is 35.8 Å². The molecular weight excluding hydrogens is 271 g/mol. The van der Waals surface area contributed by atoms with E-state index < -0.39 is 0 Å². The summed E-state index contributed by atoms with van der Waals surface area (Å²) in [5, 5.41) is 0.869. The van der Waals surface area contributed by atoms with Crippen LogP contribution in [-0.4, -0.2) is 4.83 Å². The lowest BCUT2D eigenvalue weighted by Gasteiger charge is -2.03. The molecule has 2 atom stereocenters. The molecule has 1 saturated carbocycles. The van der Waals surface area contributed by atoms with E-state index in [9.17, 15) is 4.39 Å². The molecule has 1 heterocycles. The summed E-state index contributed by atoms with van der Waals surface area (Å²) in [6.07, 6.45) is 3.38. The molecule has 2 aromatic rings. The molecule has 0 bridgehead atoms. The number of fused-ring (bicyclic) bond motifs is 1. The molecule has 0 radical (unpaired) electrons. The highest BCUT2D eigenvalue weighted by atomic mass is 79.9. The summed E-state index contributed by atoms with van der Waals surface area (Å²) in [6.45, 7) is 0. The Morgan fingerprint density at radius 2 is 2.19 bits per heavy atom. The molecule has 1 nitrogen and oxygen atoms in total. The molecule has 2 unspecified atom stereocenters. The molecule has 0 spiro atoms. The van der Waals surface area contributed by atoms with Crippen LogP contribution in [0.15, 0.2) is 28.7 Å². The standard InChI is InChI=1S/C13H12BrFO/c14-10-5-4-8(6-10)12-7-9-2-1-3-11(15)13(9)16-12/h1-3,7-8,10H,4-6H2. The fourth-order valence-electron chi connectivity index (χ4n) is 2.43. The lowest BCUT2D eigenvalue weighted by atomic mass is 10.1. The van der Waals surface area contributed by atoms with Crippen molar-refractivity contribution in [3.8, 4) is 0 Å². The smallest absolute Gasteiger partial charge is 0.169 e. The van der Waals surface area contributed by atoms with Crippen molar-refractivity contribution in [2.75, 3.05) is 0 Å². The van der Waals surface area contributed by atoms with E-state index >= 15 is 0 Å². The van der Waals surface area contributed by atoms with Gasteiger partial charge >= 0.3 is 0 Å². The molecule has 16 heavy (non-hydrogen) atoms. The van der Waals surface area contributed by atoms with Crippen LogP contribution in [0.2, 0.25) is 0 Å². The van der Waals surface area contributed by atoms with Crippen molar-refractivity contribution in [1.82, 2.24) is 0 Å². The van der Waals surface area contributed by atoms with Gasteiger partial charge in [0.05, 0.1) is 0 Å². The normalized spacial score (nSPS) is 25.4. The summed E-state index contributed by atoms with van der Waals surface area (Å²) < 4.78 is 19.1. The van der Waals surface area contributed by atoms with E-state index in [1.807, 2.05) is 12.1 Å². The number of furan rings is 1. The first-order valence-corrected chi connectivity index (χ1v) is 6.47. The zero-order chi connectivity index (χ0) is 11.1.